The van der Waals surface area contributed by atoms with E-state index in [9.17, 15) is 14.7 Å². The number of amides is 2. The van der Waals surface area contributed by atoms with Crippen molar-refractivity contribution in [2.75, 3.05) is 12.4 Å². The van der Waals surface area contributed by atoms with Crippen LogP contribution in [0.3, 0.4) is 0 Å². The summed E-state index contributed by atoms with van der Waals surface area (Å²) in [5, 5.41) is 13.9. The highest BCUT2D eigenvalue weighted by atomic mass is 16.3. The molecule has 1 aromatic carbocycles. The number of carbonyl (C=O) groups excluding carboxylic acids is 2. The van der Waals surface area contributed by atoms with Crippen molar-refractivity contribution in [3.8, 4) is 0 Å². The van der Waals surface area contributed by atoms with Crippen molar-refractivity contribution < 1.29 is 14.7 Å². The lowest BCUT2D eigenvalue weighted by Gasteiger charge is -2.32. The summed E-state index contributed by atoms with van der Waals surface area (Å²) in [4.78, 5) is 25.2. The van der Waals surface area contributed by atoms with Crippen molar-refractivity contribution in [3.05, 3.63) is 29.3 Å². The van der Waals surface area contributed by atoms with Crippen LogP contribution in [0.2, 0.25) is 0 Å². The van der Waals surface area contributed by atoms with Gasteiger partial charge in [0, 0.05) is 30.8 Å². The molecule has 1 heterocycles. The molecule has 1 aliphatic heterocycles. The van der Waals surface area contributed by atoms with E-state index in [4.69, 9.17) is 0 Å². The van der Waals surface area contributed by atoms with Crippen molar-refractivity contribution in [2.45, 2.75) is 51.7 Å². The largest absolute Gasteiger partial charge is 0.367 e. The summed E-state index contributed by atoms with van der Waals surface area (Å²) < 4.78 is 0. The maximum absolute atomic E-state index is 12.4. The highest BCUT2D eigenvalue weighted by Gasteiger charge is 2.47. The van der Waals surface area contributed by atoms with E-state index < -0.39 is 5.72 Å². The first kappa shape index (κ1) is 16.5. The van der Waals surface area contributed by atoms with E-state index in [1.54, 1.807) is 25.2 Å². The highest BCUT2D eigenvalue weighted by Crippen LogP contribution is 2.43. The standard InChI is InChI=1S/C17H24N2O3/c1-4-5-6-7-11-17(22)15-13(16(21)19(17)3)9-8-10-14(15)18-12(2)20/h8-10,22H,4-7,11H2,1-3H3,(H,18,20)/t17-/m0/s1. The van der Waals surface area contributed by atoms with Gasteiger partial charge < -0.3 is 15.3 Å². The predicted molar refractivity (Wildman–Crippen MR) is 85.5 cm³/mol. The molecular formula is C17H24N2O3. The van der Waals surface area contributed by atoms with E-state index in [2.05, 4.69) is 12.2 Å². The van der Waals surface area contributed by atoms with Crippen molar-refractivity contribution in [1.29, 1.82) is 0 Å². The lowest BCUT2D eigenvalue weighted by atomic mass is 9.93. The van der Waals surface area contributed by atoms with Crippen LogP contribution in [-0.4, -0.2) is 28.9 Å². The molecular weight excluding hydrogens is 280 g/mol. The molecule has 22 heavy (non-hydrogen) atoms. The predicted octanol–water partition coefficient (Wildman–Crippen LogP) is 2.85. The second kappa shape index (κ2) is 6.48. The Balaban J connectivity index is 2.37. The number of aliphatic hydroxyl groups is 1. The van der Waals surface area contributed by atoms with Gasteiger partial charge in [0.15, 0.2) is 5.72 Å². The second-order valence-electron chi connectivity index (χ2n) is 5.90. The molecule has 2 N–H and O–H groups in total. The molecule has 0 saturated carbocycles. The summed E-state index contributed by atoms with van der Waals surface area (Å²) in [6.07, 6.45) is 4.53. The fourth-order valence-corrected chi connectivity index (χ4v) is 3.06. The van der Waals surface area contributed by atoms with Gasteiger partial charge in [0.2, 0.25) is 5.91 Å². The van der Waals surface area contributed by atoms with Crippen molar-refractivity contribution >= 4 is 17.5 Å². The summed E-state index contributed by atoms with van der Waals surface area (Å²) >= 11 is 0. The average Bonchev–Trinajstić information content (AvgIpc) is 2.67. The number of hydrogen-bond donors (Lipinski definition) is 2. The third kappa shape index (κ3) is 2.86. The van der Waals surface area contributed by atoms with Gasteiger partial charge in [-0.1, -0.05) is 32.3 Å². The van der Waals surface area contributed by atoms with Crippen molar-refractivity contribution in [2.24, 2.45) is 0 Å². The van der Waals surface area contributed by atoms with E-state index >= 15 is 0 Å². The summed E-state index contributed by atoms with van der Waals surface area (Å²) in [5.74, 6) is -0.427. The zero-order valence-corrected chi connectivity index (χ0v) is 13.5. The molecule has 0 spiro atoms. The molecule has 0 aliphatic carbocycles. The molecule has 0 fully saturated rings. The summed E-state index contributed by atoms with van der Waals surface area (Å²) in [6.45, 7) is 3.55. The van der Waals surface area contributed by atoms with Crippen LogP contribution < -0.4 is 5.32 Å². The third-order valence-electron chi connectivity index (χ3n) is 4.24. The molecule has 0 aromatic heterocycles. The van der Waals surface area contributed by atoms with Crippen molar-refractivity contribution in [3.63, 3.8) is 0 Å². The number of fused-ring (bicyclic) bond motifs is 1. The van der Waals surface area contributed by atoms with Crippen LogP contribution in [0.1, 0.15) is 61.9 Å². The molecule has 0 bridgehead atoms. The van der Waals surface area contributed by atoms with Crippen LogP contribution in [0.4, 0.5) is 5.69 Å². The Labute approximate surface area is 131 Å². The first-order valence-electron chi connectivity index (χ1n) is 7.83. The fraction of sp³-hybridized carbons (Fsp3) is 0.529. The van der Waals surface area contributed by atoms with E-state index in [1.165, 1.54) is 11.8 Å². The lowest BCUT2D eigenvalue weighted by Crippen LogP contribution is -2.41. The van der Waals surface area contributed by atoms with Gasteiger partial charge >= 0.3 is 0 Å². The van der Waals surface area contributed by atoms with Gasteiger partial charge in [0.05, 0.1) is 0 Å². The highest BCUT2D eigenvalue weighted by molar-refractivity contribution is 6.03. The maximum Gasteiger partial charge on any atom is 0.256 e. The molecule has 5 nitrogen and oxygen atoms in total. The first-order valence-corrected chi connectivity index (χ1v) is 7.83. The van der Waals surface area contributed by atoms with Crippen molar-refractivity contribution in [1.82, 2.24) is 4.90 Å². The Kier molecular flexibility index (Phi) is 4.86. The molecule has 0 unspecified atom stereocenters. The topological polar surface area (TPSA) is 69.6 Å². The number of unbranched alkanes of at least 4 members (excludes halogenated alkanes) is 3. The fourth-order valence-electron chi connectivity index (χ4n) is 3.06. The van der Waals surface area contributed by atoms with Gasteiger partial charge in [-0.25, -0.2) is 0 Å². The van der Waals surface area contributed by atoms with Crippen LogP contribution in [0, 0.1) is 0 Å². The van der Waals surface area contributed by atoms with E-state index in [1.807, 2.05) is 0 Å². The number of anilines is 1. The second-order valence-corrected chi connectivity index (χ2v) is 5.90. The summed E-state index contributed by atoms with van der Waals surface area (Å²) in [5.41, 5.74) is 0.153. The number of benzene rings is 1. The van der Waals surface area contributed by atoms with Crippen LogP contribution in [-0.2, 0) is 10.5 Å². The van der Waals surface area contributed by atoms with Gasteiger partial charge in [-0.2, -0.15) is 0 Å². The zero-order chi connectivity index (χ0) is 16.3. The number of hydrogen-bond acceptors (Lipinski definition) is 3. The summed E-state index contributed by atoms with van der Waals surface area (Å²) in [6, 6.07) is 5.14. The Morgan fingerprint density at radius 3 is 2.68 bits per heavy atom. The number of carbonyl (C=O) groups is 2. The van der Waals surface area contributed by atoms with Crippen LogP contribution in [0.25, 0.3) is 0 Å². The minimum absolute atomic E-state index is 0.208. The number of nitrogens with one attached hydrogen (secondary N) is 1. The van der Waals surface area contributed by atoms with Crippen LogP contribution in [0.15, 0.2) is 18.2 Å². The Hall–Kier alpha value is -1.88. The van der Waals surface area contributed by atoms with Gasteiger partial charge in [-0.3, -0.25) is 9.59 Å². The monoisotopic (exact) mass is 304 g/mol. The molecule has 0 radical (unpaired) electrons. The molecule has 2 amide bonds. The molecule has 1 atom stereocenters. The number of rotatable bonds is 6. The van der Waals surface area contributed by atoms with E-state index in [-0.39, 0.29) is 11.8 Å². The van der Waals surface area contributed by atoms with Gasteiger partial charge in [-0.15, -0.1) is 0 Å². The average molecular weight is 304 g/mol. The maximum atomic E-state index is 12.4. The molecule has 1 aromatic rings. The van der Waals surface area contributed by atoms with Crippen LogP contribution >= 0.6 is 0 Å². The molecule has 0 saturated heterocycles. The molecule has 2 rings (SSSR count). The Bertz CT molecular complexity index is 585. The van der Waals surface area contributed by atoms with Gasteiger partial charge in [0.25, 0.3) is 5.91 Å². The smallest absolute Gasteiger partial charge is 0.256 e. The zero-order valence-electron chi connectivity index (χ0n) is 13.5. The Morgan fingerprint density at radius 1 is 1.32 bits per heavy atom. The SMILES string of the molecule is CCCCCC[C@]1(O)c2c(NC(C)=O)cccc2C(=O)N1C. The lowest BCUT2D eigenvalue weighted by molar-refractivity contribution is -0.114. The molecule has 5 heteroatoms. The molecule has 120 valence electrons. The third-order valence-corrected chi connectivity index (χ3v) is 4.24. The van der Waals surface area contributed by atoms with E-state index in [0.29, 0.717) is 23.2 Å². The van der Waals surface area contributed by atoms with Gasteiger partial charge in [-0.05, 0) is 25.0 Å². The minimum Gasteiger partial charge on any atom is -0.367 e. The normalized spacial score (nSPS) is 20.2. The Morgan fingerprint density at radius 2 is 2.05 bits per heavy atom. The minimum atomic E-state index is -1.35. The van der Waals surface area contributed by atoms with Gasteiger partial charge in [0.1, 0.15) is 0 Å². The quantitative estimate of drug-likeness (QED) is 0.794. The van der Waals surface area contributed by atoms with Crippen LogP contribution in [0.5, 0.6) is 0 Å². The number of nitrogens with zero attached hydrogens (tertiary/aromatic N) is 1. The summed E-state index contributed by atoms with van der Waals surface area (Å²) in [7, 11) is 1.61. The first-order chi connectivity index (χ1) is 10.4. The van der Waals surface area contributed by atoms with E-state index in [0.717, 1.165) is 25.7 Å². The molecule has 1 aliphatic rings.